The average Bonchev–Trinajstić information content (AvgIpc) is 2.36. The topological polar surface area (TPSA) is 105 Å². The van der Waals surface area contributed by atoms with Crippen molar-refractivity contribution in [1.82, 2.24) is 0 Å². The standard InChI is InChI=1S/C11H13ClN2O5/c1-2-18-11(15)8(13)6-19-10-7(12)4-3-5-9(10)14(16)17/h3-5,8H,2,6,13H2,1H3. The summed E-state index contributed by atoms with van der Waals surface area (Å²) in [5, 5.41) is 10.9. The van der Waals surface area contributed by atoms with E-state index in [1.54, 1.807) is 6.92 Å². The monoisotopic (exact) mass is 288 g/mol. The van der Waals surface area contributed by atoms with Gasteiger partial charge in [0, 0.05) is 6.07 Å². The van der Waals surface area contributed by atoms with Crippen LogP contribution in [0, 0.1) is 10.1 Å². The largest absolute Gasteiger partial charge is 0.483 e. The number of carbonyl (C=O) groups excluding carboxylic acids is 1. The van der Waals surface area contributed by atoms with Crippen LogP contribution in [0.25, 0.3) is 0 Å². The number of nitrogens with zero attached hydrogens (tertiary/aromatic N) is 1. The van der Waals surface area contributed by atoms with Gasteiger partial charge in [-0.05, 0) is 13.0 Å². The third kappa shape index (κ3) is 4.08. The van der Waals surface area contributed by atoms with Crippen molar-refractivity contribution in [1.29, 1.82) is 0 Å². The number of ether oxygens (including phenoxy) is 2. The first-order valence-corrected chi connectivity index (χ1v) is 5.83. The van der Waals surface area contributed by atoms with Gasteiger partial charge in [0.15, 0.2) is 0 Å². The molecule has 0 saturated heterocycles. The van der Waals surface area contributed by atoms with E-state index in [4.69, 9.17) is 22.1 Å². The van der Waals surface area contributed by atoms with E-state index in [1.165, 1.54) is 18.2 Å². The van der Waals surface area contributed by atoms with Crippen LogP contribution in [0.2, 0.25) is 5.02 Å². The highest BCUT2D eigenvalue weighted by atomic mass is 35.5. The first kappa shape index (κ1) is 15.2. The molecule has 7 nitrogen and oxygen atoms in total. The smallest absolute Gasteiger partial charge is 0.326 e. The maximum atomic E-state index is 11.3. The summed E-state index contributed by atoms with van der Waals surface area (Å²) in [6.07, 6.45) is 0. The lowest BCUT2D eigenvalue weighted by Gasteiger charge is -2.12. The summed E-state index contributed by atoms with van der Waals surface area (Å²) < 4.78 is 9.85. The molecule has 1 rings (SSSR count). The Hall–Kier alpha value is -1.86. The van der Waals surface area contributed by atoms with Crippen LogP contribution in [0.3, 0.4) is 0 Å². The summed E-state index contributed by atoms with van der Waals surface area (Å²) in [5.41, 5.74) is 5.23. The fraction of sp³-hybridized carbons (Fsp3) is 0.364. The van der Waals surface area contributed by atoms with Crippen molar-refractivity contribution in [3.05, 3.63) is 33.3 Å². The van der Waals surface area contributed by atoms with Crippen LogP contribution in [0.5, 0.6) is 5.75 Å². The first-order chi connectivity index (χ1) is 8.97. The lowest BCUT2D eigenvalue weighted by atomic mass is 10.3. The quantitative estimate of drug-likeness (QED) is 0.483. The lowest BCUT2D eigenvalue weighted by molar-refractivity contribution is -0.385. The molecule has 8 heteroatoms. The molecule has 0 amide bonds. The van der Waals surface area contributed by atoms with Gasteiger partial charge in [-0.15, -0.1) is 0 Å². The number of nitro groups is 1. The molecule has 0 aliphatic carbocycles. The minimum atomic E-state index is -1.03. The van der Waals surface area contributed by atoms with Gasteiger partial charge in [-0.25, -0.2) is 0 Å². The molecule has 1 atom stereocenters. The minimum Gasteiger partial charge on any atom is -0.483 e. The van der Waals surface area contributed by atoms with Crippen LogP contribution in [-0.2, 0) is 9.53 Å². The summed E-state index contributed by atoms with van der Waals surface area (Å²) in [6, 6.07) is 3.09. The molecule has 104 valence electrons. The molecular weight excluding hydrogens is 276 g/mol. The van der Waals surface area contributed by atoms with Crippen LogP contribution in [0.15, 0.2) is 18.2 Å². The molecule has 0 heterocycles. The first-order valence-electron chi connectivity index (χ1n) is 5.45. The molecular formula is C11H13ClN2O5. The summed E-state index contributed by atoms with van der Waals surface area (Å²) in [5.74, 6) is -0.758. The Kier molecular flexibility index (Phi) is 5.53. The van der Waals surface area contributed by atoms with Gasteiger partial charge in [0.1, 0.15) is 12.6 Å². The van der Waals surface area contributed by atoms with Crippen LogP contribution in [0.4, 0.5) is 5.69 Å². The Morgan fingerprint density at radius 2 is 2.26 bits per heavy atom. The third-order valence-corrected chi connectivity index (χ3v) is 2.44. The van der Waals surface area contributed by atoms with Crippen LogP contribution in [-0.4, -0.2) is 30.1 Å². The van der Waals surface area contributed by atoms with Gasteiger partial charge in [-0.1, -0.05) is 17.7 Å². The van der Waals surface area contributed by atoms with Gasteiger partial charge < -0.3 is 15.2 Å². The molecule has 1 unspecified atom stereocenters. The van der Waals surface area contributed by atoms with Gasteiger partial charge >= 0.3 is 11.7 Å². The number of hydrogen-bond acceptors (Lipinski definition) is 6. The van der Waals surface area contributed by atoms with E-state index in [2.05, 4.69) is 4.74 Å². The van der Waals surface area contributed by atoms with E-state index in [0.717, 1.165) is 0 Å². The Labute approximate surface area is 114 Å². The molecule has 0 aliphatic heterocycles. The van der Waals surface area contributed by atoms with E-state index in [0.29, 0.717) is 0 Å². The van der Waals surface area contributed by atoms with Crippen molar-refractivity contribution in [2.24, 2.45) is 5.73 Å². The number of benzene rings is 1. The van der Waals surface area contributed by atoms with E-state index in [-0.39, 0.29) is 29.7 Å². The van der Waals surface area contributed by atoms with E-state index in [9.17, 15) is 14.9 Å². The summed E-state index contributed by atoms with van der Waals surface area (Å²) in [7, 11) is 0. The van der Waals surface area contributed by atoms with Crippen molar-refractivity contribution in [2.45, 2.75) is 13.0 Å². The Morgan fingerprint density at radius 3 is 2.84 bits per heavy atom. The van der Waals surface area contributed by atoms with Gasteiger partial charge in [-0.2, -0.15) is 0 Å². The van der Waals surface area contributed by atoms with E-state index < -0.39 is 16.9 Å². The Bertz CT molecular complexity index is 480. The highest BCUT2D eigenvalue weighted by Crippen LogP contribution is 2.34. The fourth-order valence-electron chi connectivity index (χ4n) is 1.27. The van der Waals surface area contributed by atoms with Gasteiger partial charge in [-0.3, -0.25) is 14.9 Å². The van der Waals surface area contributed by atoms with Crippen molar-refractivity contribution in [3.63, 3.8) is 0 Å². The maximum absolute atomic E-state index is 11.3. The normalized spacial score (nSPS) is 11.7. The molecule has 19 heavy (non-hydrogen) atoms. The SMILES string of the molecule is CCOC(=O)C(N)COc1c(Cl)cccc1[N+](=O)[O-]. The second-order valence-corrected chi connectivity index (χ2v) is 3.92. The molecule has 0 radical (unpaired) electrons. The van der Waals surface area contributed by atoms with Crippen molar-refractivity contribution in [2.75, 3.05) is 13.2 Å². The number of rotatable bonds is 6. The molecule has 0 aliphatic rings. The molecule has 0 bridgehead atoms. The number of carbonyl (C=O) groups is 1. The second-order valence-electron chi connectivity index (χ2n) is 3.51. The number of nitrogens with two attached hydrogens (primary N) is 1. The lowest BCUT2D eigenvalue weighted by Crippen LogP contribution is -2.37. The van der Waals surface area contributed by atoms with Crippen LogP contribution in [0.1, 0.15) is 6.92 Å². The highest BCUT2D eigenvalue weighted by molar-refractivity contribution is 6.32. The third-order valence-electron chi connectivity index (χ3n) is 2.14. The van der Waals surface area contributed by atoms with Gasteiger partial charge in [0.25, 0.3) is 0 Å². The zero-order valence-corrected chi connectivity index (χ0v) is 10.9. The second kappa shape index (κ2) is 6.91. The maximum Gasteiger partial charge on any atom is 0.326 e. The number of nitro benzene ring substituents is 1. The van der Waals surface area contributed by atoms with Crippen molar-refractivity contribution < 1.29 is 19.2 Å². The molecule has 0 fully saturated rings. The molecule has 1 aromatic carbocycles. The van der Waals surface area contributed by atoms with Crippen molar-refractivity contribution in [3.8, 4) is 5.75 Å². The number of para-hydroxylation sites is 1. The Balaban J connectivity index is 2.77. The van der Waals surface area contributed by atoms with Gasteiger partial charge in [0.05, 0.1) is 16.6 Å². The van der Waals surface area contributed by atoms with E-state index >= 15 is 0 Å². The number of hydrogen-bond donors (Lipinski definition) is 1. The van der Waals surface area contributed by atoms with E-state index in [1.807, 2.05) is 0 Å². The summed E-state index contributed by atoms with van der Waals surface area (Å²) in [6.45, 7) is 1.58. The van der Waals surface area contributed by atoms with Crippen LogP contribution < -0.4 is 10.5 Å². The predicted octanol–water partition coefficient (Wildman–Crippen LogP) is 1.52. The zero-order valence-electron chi connectivity index (χ0n) is 10.2. The van der Waals surface area contributed by atoms with Gasteiger partial charge in [0.2, 0.25) is 5.75 Å². The summed E-state index contributed by atoms with van der Waals surface area (Å²) in [4.78, 5) is 21.4. The molecule has 0 saturated carbocycles. The highest BCUT2D eigenvalue weighted by Gasteiger charge is 2.21. The van der Waals surface area contributed by atoms with Crippen molar-refractivity contribution >= 4 is 23.3 Å². The molecule has 0 spiro atoms. The molecule has 1 aromatic rings. The average molecular weight is 289 g/mol. The number of esters is 1. The zero-order chi connectivity index (χ0) is 14.4. The Morgan fingerprint density at radius 1 is 1.58 bits per heavy atom. The molecule has 2 N–H and O–H groups in total. The number of halogens is 1. The van der Waals surface area contributed by atoms with Crippen LogP contribution >= 0.6 is 11.6 Å². The minimum absolute atomic E-state index is 0.0743. The summed E-state index contributed by atoms with van der Waals surface area (Å²) >= 11 is 5.81. The predicted molar refractivity (Wildman–Crippen MR) is 68.2 cm³/mol. The fourth-order valence-corrected chi connectivity index (χ4v) is 1.50. The molecule has 0 aromatic heterocycles.